The monoisotopic (exact) mass is 287 g/mol. The first kappa shape index (κ1) is 13.6. The van der Waals surface area contributed by atoms with Crippen LogP contribution in [-0.2, 0) is 11.3 Å². The number of carbonyl (C=O) groups is 1. The first-order chi connectivity index (χ1) is 10.3. The van der Waals surface area contributed by atoms with Crippen LogP contribution in [0, 0.1) is 0 Å². The van der Waals surface area contributed by atoms with Crippen LogP contribution in [0.25, 0.3) is 0 Å². The molecule has 0 radical (unpaired) electrons. The Labute approximate surface area is 122 Å². The molecule has 21 heavy (non-hydrogen) atoms. The van der Waals surface area contributed by atoms with Crippen molar-refractivity contribution in [1.29, 1.82) is 0 Å². The van der Waals surface area contributed by atoms with E-state index < -0.39 is 0 Å². The Hall–Kier alpha value is -2.37. The molecule has 110 valence electrons. The van der Waals surface area contributed by atoms with Crippen molar-refractivity contribution in [3.8, 4) is 0 Å². The lowest BCUT2D eigenvalue weighted by molar-refractivity contribution is 0.0839. The predicted molar refractivity (Wildman–Crippen MR) is 74.5 cm³/mol. The van der Waals surface area contributed by atoms with Gasteiger partial charge >= 0.3 is 6.09 Å². The molecule has 0 aliphatic carbocycles. The van der Waals surface area contributed by atoms with Crippen LogP contribution in [0.15, 0.2) is 41.1 Å². The Morgan fingerprint density at radius 2 is 2.24 bits per heavy atom. The molecule has 1 fully saturated rings. The average Bonchev–Trinajstić information content (AvgIpc) is 3.08. The van der Waals surface area contributed by atoms with Gasteiger partial charge in [0, 0.05) is 13.1 Å². The molecule has 6 nitrogen and oxygen atoms in total. The summed E-state index contributed by atoms with van der Waals surface area (Å²) in [4.78, 5) is 13.8. The van der Waals surface area contributed by atoms with E-state index in [0.717, 1.165) is 18.4 Å². The molecule has 1 unspecified atom stereocenters. The minimum Gasteiger partial charge on any atom is -0.445 e. The predicted octanol–water partition coefficient (Wildman–Crippen LogP) is 2.59. The number of likely N-dealkylation sites (tertiary alicyclic amines) is 1. The van der Waals surface area contributed by atoms with Crippen molar-refractivity contribution in [1.82, 2.24) is 15.1 Å². The molecule has 1 aliphatic heterocycles. The van der Waals surface area contributed by atoms with Gasteiger partial charge in [0.05, 0.1) is 5.92 Å². The summed E-state index contributed by atoms with van der Waals surface area (Å²) in [5.41, 5.74) is 0.983. The molecular weight excluding hydrogens is 270 g/mol. The first-order valence-corrected chi connectivity index (χ1v) is 7.04. The summed E-state index contributed by atoms with van der Waals surface area (Å²) in [7, 11) is 0. The number of benzene rings is 1. The number of piperidine rings is 1. The molecule has 1 saturated heterocycles. The van der Waals surface area contributed by atoms with E-state index in [2.05, 4.69) is 10.2 Å². The van der Waals surface area contributed by atoms with Crippen LogP contribution >= 0.6 is 0 Å². The summed E-state index contributed by atoms with van der Waals surface area (Å²) in [5.74, 6) is 0.695. The highest BCUT2D eigenvalue weighted by Crippen LogP contribution is 2.25. The second kappa shape index (κ2) is 6.39. The third-order valence-electron chi connectivity index (χ3n) is 3.61. The van der Waals surface area contributed by atoms with Gasteiger partial charge in [-0.05, 0) is 18.4 Å². The smallest absolute Gasteiger partial charge is 0.410 e. The topological polar surface area (TPSA) is 68.5 Å². The van der Waals surface area contributed by atoms with Crippen molar-refractivity contribution in [2.45, 2.75) is 25.4 Å². The number of aromatic nitrogens is 2. The summed E-state index contributed by atoms with van der Waals surface area (Å²) < 4.78 is 10.6. The van der Waals surface area contributed by atoms with Crippen LogP contribution in [0.2, 0.25) is 0 Å². The van der Waals surface area contributed by atoms with E-state index in [0.29, 0.717) is 25.6 Å². The van der Waals surface area contributed by atoms with Crippen molar-refractivity contribution < 1.29 is 13.9 Å². The number of amides is 1. The number of hydrogen-bond donors (Lipinski definition) is 0. The maximum atomic E-state index is 12.1. The van der Waals surface area contributed by atoms with E-state index in [1.54, 1.807) is 4.90 Å². The van der Waals surface area contributed by atoms with Crippen molar-refractivity contribution >= 4 is 6.09 Å². The van der Waals surface area contributed by atoms with E-state index in [1.165, 1.54) is 6.39 Å². The molecule has 0 bridgehead atoms. The van der Waals surface area contributed by atoms with Gasteiger partial charge in [-0.2, -0.15) is 0 Å². The van der Waals surface area contributed by atoms with E-state index in [1.807, 2.05) is 30.3 Å². The van der Waals surface area contributed by atoms with Crippen LogP contribution in [0.1, 0.15) is 30.2 Å². The zero-order valence-corrected chi connectivity index (χ0v) is 11.6. The van der Waals surface area contributed by atoms with Crippen LogP contribution in [-0.4, -0.2) is 34.3 Å². The number of rotatable bonds is 3. The van der Waals surface area contributed by atoms with Crippen molar-refractivity contribution in [2.24, 2.45) is 0 Å². The van der Waals surface area contributed by atoms with Crippen LogP contribution in [0.5, 0.6) is 0 Å². The molecule has 1 aromatic heterocycles. The van der Waals surface area contributed by atoms with Crippen molar-refractivity contribution in [2.75, 3.05) is 13.1 Å². The number of carbonyl (C=O) groups excluding carboxylic acids is 1. The lowest BCUT2D eigenvalue weighted by atomic mass is 9.98. The summed E-state index contributed by atoms with van der Waals surface area (Å²) in [6.45, 7) is 1.56. The van der Waals surface area contributed by atoms with E-state index in [4.69, 9.17) is 9.15 Å². The highest BCUT2D eigenvalue weighted by Gasteiger charge is 2.28. The van der Waals surface area contributed by atoms with Gasteiger partial charge in [0.1, 0.15) is 6.61 Å². The highest BCUT2D eigenvalue weighted by molar-refractivity contribution is 5.67. The largest absolute Gasteiger partial charge is 0.445 e. The zero-order chi connectivity index (χ0) is 14.5. The van der Waals surface area contributed by atoms with Gasteiger partial charge in [0.15, 0.2) is 0 Å². The molecule has 0 spiro atoms. The summed E-state index contributed by atoms with van der Waals surface area (Å²) in [6, 6.07) is 9.66. The standard InChI is InChI=1S/C15H17N3O3/c19-15(20-10-12-5-2-1-3-6-12)18-8-4-7-13(9-18)14-17-16-11-21-14/h1-3,5-6,11,13H,4,7-10H2. The summed E-state index contributed by atoms with van der Waals surface area (Å²) in [6.07, 6.45) is 2.89. The third kappa shape index (κ3) is 3.39. The highest BCUT2D eigenvalue weighted by atomic mass is 16.6. The average molecular weight is 287 g/mol. The molecule has 2 heterocycles. The molecule has 2 aromatic rings. The lowest BCUT2D eigenvalue weighted by Gasteiger charge is -2.30. The van der Waals surface area contributed by atoms with Gasteiger partial charge in [-0.1, -0.05) is 30.3 Å². The van der Waals surface area contributed by atoms with Crippen LogP contribution < -0.4 is 0 Å². The quantitative estimate of drug-likeness (QED) is 0.868. The minimum absolute atomic E-state index is 0.102. The normalized spacial score (nSPS) is 18.5. The van der Waals surface area contributed by atoms with E-state index >= 15 is 0 Å². The number of hydrogen-bond acceptors (Lipinski definition) is 5. The fourth-order valence-electron chi connectivity index (χ4n) is 2.51. The van der Waals surface area contributed by atoms with E-state index in [-0.39, 0.29) is 12.0 Å². The second-order valence-electron chi connectivity index (χ2n) is 5.10. The zero-order valence-electron chi connectivity index (χ0n) is 11.6. The molecule has 1 aliphatic rings. The fourth-order valence-corrected chi connectivity index (χ4v) is 2.51. The Morgan fingerprint density at radius 1 is 1.38 bits per heavy atom. The Bertz CT molecular complexity index is 571. The molecule has 1 atom stereocenters. The van der Waals surface area contributed by atoms with Crippen molar-refractivity contribution in [3.63, 3.8) is 0 Å². The molecule has 0 saturated carbocycles. The van der Waals surface area contributed by atoms with Gasteiger partial charge in [-0.15, -0.1) is 10.2 Å². The number of nitrogens with zero attached hydrogens (tertiary/aromatic N) is 3. The van der Waals surface area contributed by atoms with Crippen LogP contribution in [0.3, 0.4) is 0 Å². The SMILES string of the molecule is O=C(OCc1ccccc1)N1CCCC(c2nnco2)C1. The van der Waals surface area contributed by atoms with Gasteiger partial charge in [-0.25, -0.2) is 4.79 Å². The molecule has 0 N–H and O–H groups in total. The molecule has 1 amide bonds. The molecule has 3 rings (SSSR count). The summed E-state index contributed by atoms with van der Waals surface area (Å²) >= 11 is 0. The Morgan fingerprint density at radius 3 is 3.00 bits per heavy atom. The van der Waals surface area contributed by atoms with Gasteiger partial charge < -0.3 is 14.1 Å². The first-order valence-electron chi connectivity index (χ1n) is 7.04. The van der Waals surface area contributed by atoms with E-state index in [9.17, 15) is 4.79 Å². The molecule has 1 aromatic carbocycles. The Balaban J connectivity index is 1.55. The second-order valence-corrected chi connectivity index (χ2v) is 5.10. The minimum atomic E-state index is -0.289. The summed E-state index contributed by atoms with van der Waals surface area (Å²) in [5, 5.41) is 7.62. The fraction of sp³-hybridized carbons (Fsp3) is 0.400. The van der Waals surface area contributed by atoms with Crippen molar-refractivity contribution in [3.05, 3.63) is 48.2 Å². The third-order valence-corrected chi connectivity index (χ3v) is 3.61. The van der Waals surface area contributed by atoms with Gasteiger partial charge in [0.25, 0.3) is 0 Å². The molecule has 6 heteroatoms. The van der Waals surface area contributed by atoms with Gasteiger partial charge in [-0.3, -0.25) is 0 Å². The number of ether oxygens (including phenoxy) is 1. The maximum absolute atomic E-state index is 12.1. The van der Waals surface area contributed by atoms with Crippen LogP contribution in [0.4, 0.5) is 4.79 Å². The molecular formula is C15H17N3O3. The maximum Gasteiger partial charge on any atom is 0.410 e. The van der Waals surface area contributed by atoms with Gasteiger partial charge in [0.2, 0.25) is 12.3 Å². The Kier molecular flexibility index (Phi) is 4.14. The lowest BCUT2D eigenvalue weighted by Crippen LogP contribution is -2.39.